The minimum absolute atomic E-state index is 0.160. The maximum atomic E-state index is 12.4. The van der Waals surface area contributed by atoms with Gasteiger partial charge in [-0.2, -0.15) is 0 Å². The molecule has 0 bridgehead atoms. The van der Waals surface area contributed by atoms with Crippen LogP contribution in [0, 0.1) is 0 Å². The molecule has 0 aromatic heterocycles. The second-order valence-corrected chi connectivity index (χ2v) is 5.47. The van der Waals surface area contributed by atoms with E-state index < -0.39 is 5.97 Å². The van der Waals surface area contributed by atoms with Crippen LogP contribution in [0.2, 0.25) is 0 Å². The number of fused-ring (bicyclic) bond motifs is 1. The van der Waals surface area contributed by atoms with Gasteiger partial charge in [-0.25, -0.2) is 4.79 Å². The molecule has 0 unspecified atom stereocenters. The standard InChI is InChI=1S/C20H14O4/c21-18(14-4-2-1-3-5-14)12-19(22)15-8-6-13-7-9-16(20(23)24)11-17(13)10-15/h1-11H,12H2,(H,23,24). The SMILES string of the molecule is O=C(O)c1ccc2ccc(C(=O)CC(=O)c3ccccc3)cc2c1. The molecule has 0 amide bonds. The second-order valence-electron chi connectivity index (χ2n) is 5.47. The van der Waals surface area contributed by atoms with Gasteiger partial charge in [-0.3, -0.25) is 9.59 Å². The zero-order valence-electron chi connectivity index (χ0n) is 12.7. The molecule has 0 saturated heterocycles. The lowest BCUT2D eigenvalue weighted by molar-refractivity contribution is 0.0696. The monoisotopic (exact) mass is 318 g/mol. The van der Waals surface area contributed by atoms with E-state index in [2.05, 4.69) is 0 Å². The number of Topliss-reactive ketones (excluding diaryl/α,β-unsaturated/α-hetero) is 2. The van der Waals surface area contributed by atoms with E-state index in [-0.39, 0.29) is 23.6 Å². The van der Waals surface area contributed by atoms with Gasteiger partial charge in [0.1, 0.15) is 0 Å². The number of carboxylic acids is 1. The van der Waals surface area contributed by atoms with Crippen molar-refractivity contribution in [1.29, 1.82) is 0 Å². The predicted octanol–water partition coefficient (Wildman–Crippen LogP) is 3.99. The summed E-state index contributed by atoms with van der Waals surface area (Å²) in [6.45, 7) is 0. The smallest absolute Gasteiger partial charge is 0.335 e. The summed E-state index contributed by atoms with van der Waals surface area (Å²) in [5, 5.41) is 10.6. The summed E-state index contributed by atoms with van der Waals surface area (Å²) < 4.78 is 0. The molecule has 0 radical (unpaired) electrons. The van der Waals surface area contributed by atoms with Crippen LogP contribution in [0.1, 0.15) is 37.5 Å². The molecule has 0 aliphatic rings. The lowest BCUT2D eigenvalue weighted by Gasteiger charge is -2.05. The highest BCUT2D eigenvalue weighted by Gasteiger charge is 2.14. The van der Waals surface area contributed by atoms with Crippen LogP contribution in [0.4, 0.5) is 0 Å². The fourth-order valence-electron chi connectivity index (χ4n) is 2.53. The highest BCUT2D eigenvalue weighted by molar-refractivity contribution is 6.14. The predicted molar refractivity (Wildman–Crippen MR) is 90.6 cm³/mol. The van der Waals surface area contributed by atoms with Gasteiger partial charge in [0, 0.05) is 11.1 Å². The Hall–Kier alpha value is -3.27. The lowest BCUT2D eigenvalue weighted by atomic mass is 9.98. The van der Waals surface area contributed by atoms with Crippen molar-refractivity contribution in [2.75, 3.05) is 0 Å². The van der Waals surface area contributed by atoms with E-state index in [4.69, 9.17) is 5.11 Å². The van der Waals surface area contributed by atoms with Crippen molar-refractivity contribution in [3.63, 3.8) is 0 Å². The first-order chi connectivity index (χ1) is 11.5. The molecule has 4 heteroatoms. The van der Waals surface area contributed by atoms with Crippen molar-refractivity contribution in [3.05, 3.63) is 83.4 Å². The van der Waals surface area contributed by atoms with Crippen LogP contribution in [0.25, 0.3) is 10.8 Å². The molecule has 0 saturated carbocycles. The lowest BCUT2D eigenvalue weighted by Crippen LogP contribution is -2.08. The quantitative estimate of drug-likeness (QED) is 0.570. The highest BCUT2D eigenvalue weighted by Crippen LogP contribution is 2.19. The van der Waals surface area contributed by atoms with Gasteiger partial charge in [0.25, 0.3) is 0 Å². The average Bonchev–Trinajstić information content (AvgIpc) is 2.61. The third-order valence-corrected chi connectivity index (χ3v) is 3.83. The second kappa shape index (κ2) is 6.46. The number of hydrogen-bond acceptors (Lipinski definition) is 3. The van der Waals surface area contributed by atoms with Gasteiger partial charge in [-0.15, -0.1) is 0 Å². The van der Waals surface area contributed by atoms with Crippen molar-refractivity contribution in [1.82, 2.24) is 0 Å². The number of ketones is 2. The van der Waals surface area contributed by atoms with Crippen LogP contribution in [0.5, 0.6) is 0 Å². The molecule has 4 nitrogen and oxygen atoms in total. The molecule has 24 heavy (non-hydrogen) atoms. The van der Waals surface area contributed by atoms with Gasteiger partial charge in [0.05, 0.1) is 12.0 Å². The normalized spacial score (nSPS) is 10.5. The summed E-state index contributed by atoms with van der Waals surface area (Å²) in [4.78, 5) is 35.5. The number of aromatic carboxylic acids is 1. The summed E-state index contributed by atoms with van der Waals surface area (Å²) in [7, 11) is 0. The average molecular weight is 318 g/mol. The van der Waals surface area contributed by atoms with E-state index in [9.17, 15) is 14.4 Å². The number of rotatable bonds is 5. The third-order valence-electron chi connectivity index (χ3n) is 3.83. The van der Waals surface area contributed by atoms with Crippen molar-refractivity contribution in [3.8, 4) is 0 Å². The Labute approximate surface area is 138 Å². The molecule has 3 aromatic rings. The van der Waals surface area contributed by atoms with Gasteiger partial charge in [0.2, 0.25) is 0 Å². The van der Waals surface area contributed by atoms with Gasteiger partial charge in [-0.1, -0.05) is 48.5 Å². The van der Waals surface area contributed by atoms with E-state index in [0.717, 1.165) is 5.39 Å². The first-order valence-corrected chi connectivity index (χ1v) is 7.43. The molecule has 0 aliphatic carbocycles. The number of hydrogen-bond donors (Lipinski definition) is 1. The van der Waals surface area contributed by atoms with Crippen LogP contribution in [0.3, 0.4) is 0 Å². The molecule has 0 heterocycles. The zero-order valence-corrected chi connectivity index (χ0v) is 12.7. The maximum absolute atomic E-state index is 12.4. The summed E-state index contributed by atoms with van der Waals surface area (Å²) in [6, 6.07) is 18.4. The number of benzene rings is 3. The van der Waals surface area contributed by atoms with Crippen LogP contribution < -0.4 is 0 Å². The molecule has 0 spiro atoms. The van der Waals surface area contributed by atoms with E-state index in [1.54, 1.807) is 48.5 Å². The third kappa shape index (κ3) is 3.22. The Balaban J connectivity index is 1.87. The Morgan fingerprint density at radius 2 is 1.25 bits per heavy atom. The molecular formula is C20H14O4. The van der Waals surface area contributed by atoms with Gasteiger partial charge < -0.3 is 5.11 Å². The summed E-state index contributed by atoms with van der Waals surface area (Å²) in [5.74, 6) is -1.54. The minimum atomic E-state index is -1.02. The molecule has 3 aromatic carbocycles. The van der Waals surface area contributed by atoms with Gasteiger partial charge >= 0.3 is 5.97 Å². The summed E-state index contributed by atoms with van der Waals surface area (Å²) in [5.41, 5.74) is 1.06. The topological polar surface area (TPSA) is 71.4 Å². The van der Waals surface area contributed by atoms with Gasteiger partial charge in [0.15, 0.2) is 11.6 Å². The van der Waals surface area contributed by atoms with Crippen molar-refractivity contribution < 1.29 is 19.5 Å². The molecule has 118 valence electrons. The highest BCUT2D eigenvalue weighted by atomic mass is 16.4. The molecule has 0 fully saturated rings. The number of carboxylic acid groups (broad SMARTS) is 1. The summed E-state index contributed by atoms with van der Waals surface area (Å²) in [6.07, 6.45) is -0.214. The summed E-state index contributed by atoms with van der Waals surface area (Å²) >= 11 is 0. The molecule has 3 rings (SSSR count). The van der Waals surface area contributed by atoms with Crippen molar-refractivity contribution >= 4 is 28.3 Å². The van der Waals surface area contributed by atoms with E-state index in [1.165, 1.54) is 12.1 Å². The largest absolute Gasteiger partial charge is 0.478 e. The molecule has 0 aliphatic heterocycles. The fourth-order valence-corrected chi connectivity index (χ4v) is 2.53. The van der Waals surface area contributed by atoms with Crippen LogP contribution in [0.15, 0.2) is 66.7 Å². The number of carbonyl (C=O) groups is 3. The van der Waals surface area contributed by atoms with Crippen molar-refractivity contribution in [2.24, 2.45) is 0 Å². The van der Waals surface area contributed by atoms with E-state index in [0.29, 0.717) is 16.5 Å². The van der Waals surface area contributed by atoms with Gasteiger partial charge in [-0.05, 0) is 29.0 Å². The number of carbonyl (C=O) groups excluding carboxylic acids is 2. The van der Waals surface area contributed by atoms with E-state index in [1.807, 2.05) is 6.07 Å². The fraction of sp³-hybridized carbons (Fsp3) is 0.0500. The first-order valence-electron chi connectivity index (χ1n) is 7.43. The Morgan fingerprint density at radius 1 is 0.667 bits per heavy atom. The zero-order chi connectivity index (χ0) is 17.1. The molecule has 0 atom stereocenters. The maximum Gasteiger partial charge on any atom is 0.335 e. The Morgan fingerprint density at radius 3 is 1.92 bits per heavy atom. The van der Waals surface area contributed by atoms with E-state index >= 15 is 0 Å². The molecule has 1 N–H and O–H groups in total. The van der Waals surface area contributed by atoms with Crippen molar-refractivity contribution in [2.45, 2.75) is 6.42 Å². The van der Waals surface area contributed by atoms with Crippen LogP contribution in [-0.4, -0.2) is 22.6 Å². The first kappa shape index (κ1) is 15.6. The Kier molecular flexibility index (Phi) is 4.20. The minimum Gasteiger partial charge on any atom is -0.478 e. The van der Waals surface area contributed by atoms with Crippen LogP contribution in [-0.2, 0) is 0 Å². The Bertz CT molecular complexity index is 942. The molecular weight excluding hydrogens is 304 g/mol. The van der Waals surface area contributed by atoms with Crippen LogP contribution >= 0.6 is 0 Å².